The van der Waals surface area contributed by atoms with E-state index in [1.807, 2.05) is 0 Å². The molecule has 2 saturated heterocycles. The van der Waals surface area contributed by atoms with E-state index in [2.05, 4.69) is 0 Å². The summed E-state index contributed by atoms with van der Waals surface area (Å²) >= 11 is 0. The van der Waals surface area contributed by atoms with Crippen molar-refractivity contribution in [2.45, 2.75) is 57.3 Å². The van der Waals surface area contributed by atoms with Gasteiger partial charge in [0.25, 0.3) is 0 Å². The highest BCUT2D eigenvalue weighted by Gasteiger charge is 2.58. The molecule has 0 bridgehead atoms. The maximum absolute atomic E-state index is 11.0. The van der Waals surface area contributed by atoms with E-state index in [-0.39, 0.29) is 0 Å². The van der Waals surface area contributed by atoms with Gasteiger partial charge in [0.15, 0.2) is 11.9 Å². The van der Waals surface area contributed by atoms with Crippen LogP contribution in [0.15, 0.2) is 0 Å². The van der Waals surface area contributed by atoms with Gasteiger partial charge in [-0.3, -0.25) is 4.79 Å². The van der Waals surface area contributed by atoms with Crippen LogP contribution in [-0.2, 0) is 23.7 Å². The van der Waals surface area contributed by atoms with Gasteiger partial charge in [-0.15, -0.1) is 0 Å². The molecule has 0 aromatic heterocycles. The first kappa shape index (κ1) is 13.7. The first-order valence-electron chi connectivity index (χ1n) is 5.81. The smallest absolute Gasteiger partial charge is 0.305 e. The molecule has 2 aliphatic heterocycles. The Bertz CT molecular complexity index is 329. The van der Waals surface area contributed by atoms with E-state index in [0.717, 1.165) is 0 Å². The molecule has 0 spiro atoms. The third-order valence-corrected chi connectivity index (χ3v) is 2.90. The fraction of sp³-hybridized carbons (Fsp3) is 0.909. The topological polar surface area (TPSA) is 94.5 Å². The number of rotatable bonds is 3. The number of ether oxygens (including phenoxy) is 4. The van der Waals surface area contributed by atoms with E-state index in [4.69, 9.17) is 24.1 Å². The van der Waals surface area contributed by atoms with E-state index in [1.165, 1.54) is 6.92 Å². The molecule has 2 N–H and O–H groups in total. The van der Waals surface area contributed by atoms with Crippen molar-refractivity contribution in [2.24, 2.45) is 0 Å². The second-order valence-corrected chi connectivity index (χ2v) is 4.89. The lowest BCUT2D eigenvalue weighted by Crippen LogP contribution is -2.40. The highest BCUT2D eigenvalue weighted by Crippen LogP contribution is 2.40. The van der Waals surface area contributed by atoms with Gasteiger partial charge in [-0.05, 0) is 13.8 Å². The quantitative estimate of drug-likeness (QED) is 0.639. The van der Waals surface area contributed by atoms with Gasteiger partial charge in [0.05, 0.1) is 6.61 Å². The van der Waals surface area contributed by atoms with Gasteiger partial charge in [-0.1, -0.05) is 0 Å². The maximum Gasteiger partial charge on any atom is 0.305 e. The molecule has 2 aliphatic rings. The van der Waals surface area contributed by atoms with E-state index >= 15 is 0 Å². The molecule has 2 fully saturated rings. The highest BCUT2D eigenvalue weighted by atomic mass is 16.8. The molecule has 1 unspecified atom stereocenters. The minimum atomic E-state index is -1.12. The van der Waals surface area contributed by atoms with Crippen molar-refractivity contribution >= 4 is 5.97 Å². The Labute approximate surface area is 105 Å². The average Bonchev–Trinajstić information content (AvgIpc) is 2.72. The number of hydrogen-bond acceptors (Lipinski definition) is 7. The Morgan fingerprint density at radius 2 is 2.00 bits per heavy atom. The van der Waals surface area contributed by atoms with Crippen molar-refractivity contribution in [3.05, 3.63) is 0 Å². The second-order valence-electron chi connectivity index (χ2n) is 4.89. The van der Waals surface area contributed by atoms with Crippen LogP contribution in [0.2, 0.25) is 0 Å². The Morgan fingerprint density at radius 1 is 1.39 bits per heavy atom. The molecule has 0 amide bonds. The van der Waals surface area contributed by atoms with Gasteiger partial charge in [0.1, 0.15) is 18.3 Å². The molecule has 2 heterocycles. The number of hydrogen-bond donors (Lipinski definition) is 2. The molecule has 0 radical (unpaired) electrons. The fourth-order valence-corrected chi connectivity index (χ4v) is 2.26. The fourth-order valence-electron chi connectivity index (χ4n) is 2.26. The van der Waals surface area contributed by atoms with Gasteiger partial charge in [0.2, 0.25) is 6.29 Å². The largest absolute Gasteiger partial charge is 0.433 e. The maximum atomic E-state index is 11.0. The molecular formula is C11H18O7. The highest BCUT2D eigenvalue weighted by molar-refractivity contribution is 5.66. The van der Waals surface area contributed by atoms with E-state index in [9.17, 15) is 9.90 Å². The number of carbonyl (C=O) groups is 1. The zero-order valence-electron chi connectivity index (χ0n) is 10.5. The van der Waals surface area contributed by atoms with Crippen LogP contribution < -0.4 is 0 Å². The third-order valence-electron chi connectivity index (χ3n) is 2.90. The SMILES string of the molecule is CC(=O)OC1O[C@H]([C@@H](O)CO)[C@@H]2OC(C)(C)O[C@H]12. The molecule has 0 aliphatic carbocycles. The van der Waals surface area contributed by atoms with E-state index in [0.29, 0.717) is 0 Å². The van der Waals surface area contributed by atoms with Gasteiger partial charge in [-0.2, -0.15) is 0 Å². The molecule has 5 atom stereocenters. The summed E-state index contributed by atoms with van der Waals surface area (Å²) in [5, 5.41) is 18.7. The van der Waals surface area contributed by atoms with Crippen LogP contribution in [0.25, 0.3) is 0 Å². The summed E-state index contributed by atoms with van der Waals surface area (Å²) in [5.41, 5.74) is 0. The molecule has 0 saturated carbocycles. The van der Waals surface area contributed by atoms with Crippen molar-refractivity contribution < 1.29 is 34.0 Å². The van der Waals surface area contributed by atoms with Crippen LogP contribution in [0.3, 0.4) is 0 Å². The summed E-state index contributed by atoms with van der Waals surface area (Å²) in [6.45, 7) is 4.23. The molecule has 0 aromatic rings. The zero-order chi connectivity index (χ0) is 13.5. The Kier molecular flexibility index (Phi) is 3.61. The average molecular weight is 262 g/mol. The van der Waals surface area contributed by atoms with Crippen molar-refractivity contribution in [3.63, 3.8) is 0 Å². The number of fused-ring (bicyclic) bond motifs is 1. The lowest BCUT2D eigenvalue weighted by atomic mass is 10.1. The number of aliphatic hydroxyl groups is 2. The normalized spacial score (nSPS) is 39.4. The molecule has 18 heavy (non-hydrogen) atoms. The first-order chi connectivity index (χ1) is 8.34. The van der Waals surface area contributed by atoms with E-state index < -0.39 is 49.1 Å². The lowest BCUT2D eigenvalue weighted by molar-refractivity contribution is -0.240. The minimum absolute atomic E-state index is 0.468. The Hall–Kier alpha value is -0.730. The van der Waals surface area contributed by atoms with Gasteiger partial charge in [0, 0.05) is 6.92 Å². The molecular weight excluding hydrogens is 244 g/mol. The summed E-state index contributed by atoms with van der Waals surface area (Å²) < 4.78 is 21.6. The molecule has 104 valence electrons. The number of aliphatic hydroxyl groups excluding tert-OH is 2. The molecule has 7 nitrogen and oxygen atoms in total. The van der Waals surface area contributed by atoms with E-state index in [1.54, 1.807) is 13.8 Å². The second kappa shape index (κ2) is 4.75. The van der Waals surface area contributed by atoms with Crippen molar-refractivity contribution in [1.29, 1.82) is 0 Å². The number of carbonyl (C=O) groups excluding carboxylic acids is 1. The first-order valence-corrected chi connectivity index (χ1v) is 5.81. The van der Waals surface area contributed by atoms with Crippen LogP contribution >= 0.6 is 0 Å². The third kappa shape index (κ3) is 2.50. The Balaban J connectivity index is 2.15. The lowest BCUT2D eigenvalue weighted by Gasteiger charge is -2.25. The van der Waals surface area contributed by atoms with Crippen molar-refractivity contribution in [2.75, 3.05) is 6.61 Å². The summed E-state index contributed by atoms with van der Waals surface area (Å²) in [7, 11) is 0. The van der Waals surface area contributed by atoms with Crippen molar-refractivity contribution in [1.82, 2.24) is 0 Å². The predicted octanol–water partition coefficient (Wildman–Crippen LogP) is -0.852. The van der Waals surface area contributed by atoms with Crippen LogP contribution in [0.5, 0.6) is 0 Å². The minimum Gasteiger partial charge on any atom is -0.433 e. The van der Waals surface area contributed by atoms with Gasteiger partial charge < -0.3 is 29.2 Å². The Morgan fingerprint density at radius 3 is 2.56 bits per heavy atom. The summed E-state index contributed by atoms with van der Waals surface area (Å²) in [6.07, 6.45) is -4.01. The van der Waals surface area contributed by atoms with Crippen LogP contribution in [0, 0.1) is 0 Å². The molecule has 0 aromatic carbocycles. The van der Waals surface area contributed by atoms with Crippen LogP contribution in [0.4, 0.5) is 0 Å². The standard InChI is InChI=1S/C11H18O7/c1-5(13)15-10-9-8(17-11(2,3)18-9)7(16-10)6(14)4-12/h6-10,12,14H,4H2,1-3H3/t6-,7+,8-,9-,10?/m0/s1. The van der Waals surface area contributed by atoms with Gasteiger partial charge >= 0.3 is 5.97 Å². The summed E-state index contributed by atoms with van der Waals surface area (Å²) in [5.74, 6) is -1.35. The van der Waals surface area contributed by atoms with Crippen molar-refractivity contribution in [3.8, 4) is 0 Å². The molecule has 7 heteroatoms. The monoisotopic (exact) mass is 262 g/mol. The number of esters is 1. The van der Waals surface area contributed by atoms with Crippen LogP contribution in [-0.4, -0.2) is 59.3 Å². The zero-order valence-corrected chi connectivity index (χ0v) is 10.5. The summed E-state index contributed by atoms with van der Waals surface area (Å²) in [6, 6.07) is 0. The van der Waals surface area contributed by atoms with Crippen LogP contribution in [0.1, 0.15) is 20.8 Å². The summed E-state index contributed by atoms with van der Waals surface area (Å²) in [4.78, 5) is 11.0. The molecule has 2 rings (SSSR count). The van der Waals surface area contributed by atoms with Gasteiger partial charge in [-0.25, -0.2) is 0 Å². The predicted molar refractivity (Wildman–Crippen MR) is 57.3 cm³/mol.